The lowest BCUT2D eigenvalue weighted by Crippen LogP contribution is -2.62. The number of hydrogen-bond acceptors (Lipinski definition) is 5. The second kappa shape index (κ2) is 5.69. The number of rotatable bonds is 1. The maximum atomic E-state index is 12.7. The van der Waals surface area contributed by atoms with E-state index in [1.807, 2.05) is 19.1 Å². The van der Waals surface area contributed by atoms with Gasteiger partial charge in [-0.05, 0) is 44.0 Å². The number of nitrogens with zero attached hydrogens (tertiary/aromatic N) is 1. The SMILES string of the molecule is CC12C=CC(C)(S(C)(=O)=O)C3=C1N(CCN3)[C@H]1Cc3cc(Cl)cc(Cl)c3[C@@H]1O2. The van der Waals surface area contributed by atoms with Crippen molar-refractivity contribution < 1.29 is 13.2 Å². The Morgan fingerprint density at radius 2 is 2.00 bits per heavy atom. The molecule has 2 heterocycles. The molecule has 2 aliphatic carbocycles. The number of ether oxygens (including phenoxy) is 1. The predicted molar refractivity (Wildman–Crippen MR) is 110 cm³/mol. The number of morpholine rings is 1. The summed E-state index contributed by atoms with van der Waals surface area (Å²) in [6.07, 6.45) is 5.53. The van der Waals surface area contributed by atoms with E-state index < -0.39 is 20.2 Å². The fraction of sp³-hybridized carbons (Fsp3) is 0.500. The van der Waals surface area contributed by atoms with Crippen LogP contribution >= 0.6 is 23.2 Å². The van der Waals surface area contributed by atoms with E-state index in [1.54, 1.807) is 19.1 Å². The summed E-state index contributed by atoms with van der Waals surface area (Å²) in [5.74, 6) is 0. The Labute approximate surface area is 175 Å². The van der Waals surface area contributed by atoms with Crippen LogP contribution in [-0.2, 0) is 21.0 Å². The smallest absolute Gasteiger partial charge is 0.162 e. The second-order valence-corrected chi connectivity index (χ2v) is 11.7. The lowest BCUT2D eigenvalue weighted by Gasteiger charge is -2.55. The van der Waals surface area contributed by atoms with Gasteiger partial charge < -0.3 is 15.0 Å². The van der Waals surface area contributed by atoms with Gasteiger partial charge in [0.2, 0.25) is 0 Å². The van der Waals surface area contributed by atoms with Gasteiger partial charge in [0.15, 0.2) is 9.84 Å². The fourth-order valence-corrected chi connectivity index (χ4v) is 6.62. The molecule has 1 saturated heterocycles. The Morgan fingerprint density at radius 3 is 2.71 bits per heavy atom. The van der Waals surface area contributed by atoms with Crippen LogP contribution in [0.25, 0.3) is 0 Å². The summed E-state index contributed by atoms with van der Waals surface area (Å²) in [4.78, 5) is 2.33. The van der Waals surface area contributed by atoms with Crippen molar-refractivity contribution in [1.82, 2.24) is 10.2 Å². The van der Waals surface area contributed by atoms with E-state index in [1.165, 1.54) is 6.26 Å². The minimum Gasteiger partial charge on any atom is -0.384 e. The van der Waals surface area contributed by atoms with E-state index in [2.05, 4.69) is 10.2 Å². The minimum atomic E-state index is -3.37. The van der Waals surface area contributed by atoms with Gasteiger partial charge in [0, 0.05) is 35.0 Å². The summed E-state index contributed by atoms with van der Waals surface area (Å²) >= 11 is 12.8. The molecule has 2 aliphatic heterocycles. The van der Waals surface area contributed by atoms with Crippen molar-refractivity contribution in [2.24, 2.45) is 0 Å². The molecule has 4 atom stereocenters. The molecular formula is C20H22Cl2N2O3S. The van der Waals surface area contributed by atoms with E-state index in [0.717, 1.165) is 35.5 Å². The third kappa shape index (κ3) is 2.32. The zero-order valence-electron chi connectivity index (χ0n) is 15.9. The number of halogens is 2. The first-order valence-electron chi connectivity index (χ1n) is 9.36. The minimum absolute atomic E-state index is 0.0708. The molecule has 150 valence electrons. The van der Waals surface area contributed by atoms with Gasteiger partial charge >= 0.3 is 0 Å². The lowest BCUT2D eigenvalue weighted by atomic mass is 9.82. The molecule has 0 spiro atoms. The largest absolute Gasteiger partial charge is 0.384 e. The summed E-state index contributed by atoms with van der Waals surface area (Å²) in [6, 6.07) is 3.80. The van der Waals surface area contributed by atoms with Crippen LogP contribution in [-0.4, -0.2) is 49.1 Å². The van der Waals surface area contributed by atoms with Crippen LogP contribution in [0.4, 0.5) is 0 Å². The Balaban J connectivity index is 1.70. The van der Waals surface area contributed by atoms with Gasteiger partial charge in [-0.3, -0.25) is 0 Å². The monoisotopic (exact) mass is 440 g/mol. The van der Waals surface area contributed by atoms with Crippen molar-refractivity contribution in [3.8, 4) is 0 Å². The zero-order chi connectivity index (χ0) is 20.1. The molecule has 1 fully saturated rings. The molecule has 8 heteroatoms. The van der Waals surface area contributed by atoms with Crippen molar-refractivity contribution in [3.63, 3.8) is 0 Å². The van der Waals surface area contributed by atoms with Crippen LogP contribution in [0.5, 0.6) is 0 Å². The standard InChI is InChI=1S/C20H22Cl2N2O3S/c1-19-4-5-20(2,28(3,25)26)17-18(19)24(7-6-23-17)14-9-11-8-12(21)10-13(22)15(11)16(14)27-19/h4-5,8,10,14,16,23H,6-7,9H2,1-3H3/t14-,16+,19?,20?/m0/s1. The highest BCUT2D eigenvalue weighted by atomic mass is 35.5. The van der Waals surface area contributed by atoms with Gasteiger partial charge in [0.25, 0.3) is 0 Å². The van der Waals surface area contributed by atoms with Crippen LogP contribution in [0.1, 0.15) is 31.1 Å². The number of sulfone groups is 1. The van der Waals surface area contributed by atoms with Crippen LogP contribution < -0.4 is 5.32 Å². The van der Waals surface area contributed by atoms with E-state index in [-0.39, 0.29) is 12.1 Å². The normalized spacial score (nSPS) is 36.0. The Hall–Kier alpha value is -1.21. The number of fused-ring (bicyclic) bond motifs is 4. The van der Waals surface area contributed by atoms with E-state index in [9.17, 15) is 8.42 Å². The van der Waals surface area contributed by atoms with Crippen LogP contribution in [0.2, 0.25) is 10.0 Å². The molecule has 0 bridgehead atoms. The average molecular weight is 441 g/mol. The molecule has 5 rings (SSSR count). The highest BCUT2D eigenvalue weighted by molar-refractivity contribution is 7.92. The molecule has 0 radical (unpaired) electrons. The van der Waals surface area contributed by atoms with E-state index >= 15 is 0 Å². The molecule has 1 aromatic carbocycles. The molecule has 0 saturated carbocycles. The maximum Gasteiger partial charge on any atom is 0.162 e. The fourth-order valence-electron chi connectivity index (χ4n) is 5.13. The van der Waals surface area contributed by atoms with Crippen LogP contribution in [0.3, 0.4) is 0 Å². The van der Waals surface area contributed by atoms with E-state index in [0.29, 0.717) is 16.6 Å². The second-order valence-electron chi connectivity index (χ2n) is 8.43. The molecule has 0 amide bonds. The van der Waals surface area contributed by atoms with Gasteiger partial charge in [-0.15, -0.1) is 0 Å². The van der Waals surface area contributed by atoms with Crippen molar-refractivity contribution in [3.05, 3.63) is 56.9 Å². The number of nitrogens with one attached hydrogen (secondary N) is 1. The first-order valence-corrected chi connectivity index (χ1v) is 12.0. The third-order valence-corrected chi connectivity index (χ3v) is 9.06. The Kier molecular flexibility index (Phi) is 3.82. The molecule has 1 N–H and O–H groups in total. The summed E-state index contributed by atoms with van der Waals surface area (Å²) in [6.45, 7) is 5.22. The average Bonchev–Trinajstić information content (AvgIpc) is 2.96. The lowest BCUT2D eigenvalue weighted by molar-refractivity contribution is -0.121. The first kappa shape index (κ1) is 18.8. The molecule has 4 aliphatic rings. The summed E-state index contributed by atoms with van der Waals surface area (Å²) in [5, 5.41) is 4.62. The topological polar surface area (TPSA) is 58.6 Å². The summed E-state index contributed by atoms with van der Waals surface area (Å²) in [5.41, 5.74) is 3.03. The molecular weight excluding hydrogens is 419 g/mol. The molecule has 5 nitrogen and oxygen atoms in total. The van der Waals surface area contributed by atoms with Gasteiger partial charge in [0.05, 0.1) is 17.4 Å². The third-order valence-electron chi connectivity index (χ3n) is 6.65. The molecule has 0 aromatic heterocycles. The van der Waals surface area contributed by atoms with Crippen molar-refractivity contribution >= 4 is 33.0 Å². The number of hydrogen-bond donors (Lipinski definition) is 1. The highest BCUT2D eigenvalue weighted by Gasteiger charge is 2.57. The summed E-state index contributed by atoms with van der Waals surface area (Å²) in [7, 11) is -3.37. The predicted octanol–water partition coefficient (Wildman–Crippen LogP) is 3.24. The van der Waals surface area contributed by atoms with Crippen molar-refractivity contribution in [1.29, 1.82) is 0 Å². The van der Waals surface area contributed by atoms with Gasteiger partial charge in [0.1, 0.15) is 16.5 Å². The Bertz CT molecular complexity index is 1070. The van der Waals surface area contributed by atoms with Crippen molar-refractivity contribution in [2.45, 2.75) is 42.8 Å². The number of benzene rings is 1. The van der Waals surface area contributed by atoms with Gasteiger partial charge in [-0.1, -0.05) is 29.3 Å². The first-order chi connectivity index (χ1) is 13.1. The quantitative estimate of drug-likeness (QED) is 0.679. The highest BCUT2D eigenvalue weighted by Crippen LogP contribution is 2.54. The van der Waals surface area contributed by atoms with Gasteiger partial charge in [-0.25, -0.2) is 8.42 Å². The van der Waals surface area contributed by atoms with Gasteiger partial charge in [-0.2, -0.15) is 0 Å². The molecule has 2 unspecified atom stereocenters. The van der Waals surface area contributed by atoms with Crippen LogP contribution in [0, 0.1) is 0 Å². The molecule has 1 aromatic rings. The van der Waals surface area contributed by atoms with E-state index in [4.69, 9.17) is 27.9 Å². The molecule has 28 heavy (non-hydrogen) atoms. The zero-order valence-corrected chi connectivity index (χ0v) is 18.2. The van der Waals surface area contributed by atoms with Crippen LogP contribution in [0.15, 0.2) is 35.7 Å². The van der Waals surface area contributed by atoms with Crippen molar-refractivity contribution in [2.75, 3.05) is 19.3 Å². The maximum absolute atomic E-state index is 12.7. The summed E-state index contributed by atoms with van der Waals surface area (Å²) < 4.78 is 30.9. The Morgan fingerprint density at radius 1 is 1.25 bits per heavy atom.